The highest BCUT2D eigenvalue weighted by atomic mass is 31.2. The maximum absolute atomic E-state index is 13.1. The van der Waals surface area contributed by atoms with Gasteiger partial charge >= 0.3 is 39.5 Å². The molecule has 0 heterocycles. The molecule has 588 valence electrons. The predicted molar refractivity (Wildman–Crippen MR) is 405 cm³/mol. The molecule has 17 nitrogen and oxygen atoms in total. The van der Waals surface area contributed by atoms with Crippen LogP contribution < -0.4 is 0 Å². The van der Waals surface area contributed by atoms with Crippen LogP contribution in [-0.4, -0.2) is 96.7 Å². The lowest BCUT2D eigenvalue weighted by Gasteiger charge is -2.21. The molecule has 2 unspecified atom stereocenters. The molecule has 0 aromatic heterocycles. The Hall–Kier alpha value is -1.94. The lowest BCUT2D eigenvalue weighted by Crippen LogP contribution is -2.30. The minimum atomic E-state index is -4.96. The van der Waals surface area contributed by atoms with Gasteiger partial charge in [-0.2, -0.15) is 0 Å². The van der Waals surface area contributed by atoms with Crippen LogP contribution in [0.3, 0.4) is 0 Å². The Morgan fingerprint density at radius 3 is 0.687 bits per heavy atom. The van der Waals surface area contributed by atoms with Crippen LogP contribution in [0.5, 0.6) is 0 Å². The van der Waals surface area contributed by atoms with Crippen LogP contribution in [0, 0.1) is 17.8 Å². The zero-order valence-electron chi connectivity index (χ0n) is 65.0. The Morgan fingerprint density at radius 1 is 0.273 bits per heavy atom. The first-order valence-electron chi connectivity index (χ1n) is 41.3. The van der Waals surface area contributed by atoms with Crippen LogP contribution >= 0.6 is 15.6 Å². The number of phosphoric ester groups is 2. The van der Waals surface area contributed by atoms with Crippen molar-refractivity contribution in [3.63, 3.8) is 0 Å². The third kappa shape index (κ3) is 74.1. The average Bonchev–Trinajstić information content (AvgIpc) is 1.58. The molecule has 99 heavy (non-hydrogen) atoms. The van der Waals surface area contributed by atoms with E-state index in [0.717, 1.165) is 114 Å². The van der Waals surface area contributed by atoms with Crippen molar-refractivity contribution in [1.29, 1.82) is 0 Å². The van der Waals surface area contributed by atoms with Crippen molar-refractivity contribution in [3.8, 4) is 0 Å². The number of rotatable bonds is 78. The number of aliphatic hydroxyl groups is 1. The summed E-state index contributed by atoms with van der Waals surface area (Å²) in [5, 5.41) is 10.6. The summed E-state index contributed by atoms with van der Waals surface area (Å²) < 4.78 is 68.5. The molecule has 5 atom stereocenters. The van der Waals surface area contributed by atoms with Gasteiger partial charge in [-0.15, -0.1) is 0 Å². The summed E-state index contributed by atoms with van der Waals surface area (Å²) >= 11 is 0. The summed E-state index contributed by atoms with van der Waals surface area (Å²) in [6.45, 7) is 11.9. The van der Waals surface area contributed by atoms with Gasteiger partial charge in [-0.1, -0.05) is 363 Å². The third-order valence-corrected chi connectivity index (χ3v) is 20.5. The lowest BCUT2D eigenvalue weighted by molar-refractivity contribution is -0.161. The van der Waals surface area contributed by atoms with Gasteiger partial charge < -0.3 is 33.8 Å². The number of hydrogen-bond donors (Lipinski definition) is 3. The number of phosphoric acid groups is 2. The molecule has 3 N–H and O–H groups in total. The zero-order valence-corrected chi connectivity index (χ0v) is 66.8. The summed E-state index contributed by atoms with van der Waals surface area (Å²) in [6.07, 6.45) is 58.7. The molecule has 0 bridgehead atoms. The van der Waals surface area contributed by atoms with Gasteiger partial charge in [-0.3, -0.25) is 37.3 Å². The number of carbonyl (C=O) groups excluding carboxylic acids is 4. The largest absolute Gasteiger partial charge is 0.472 e. The molecule has 0 radical (unpaired) electrons. The molecule has 0 amide bonds. The van der Waals surface area contributed by atoms with Gasteiger partial charge in [-0.25, -0.2) is 9.13 Å². The number of unbranched alkanes of at least 4 members (excludes halogenated alkanes) is 46. The number of esters is 4. The predicted octanol–water partition coefficient (Wildman–Crippen LogP) is 23.7. The van der Waals surface area contributed by atoms with Crippen LogP contribution in [0.1, 0.15) is 414 Å². The second-order valence-electron chi connectivity index (χ2n) is 30.2. The molecule has 0 aliphatic rings. The molecule has 0 saturated carbocycles. The molecule has 0 fully saturated rings. The van der Waals surface area contributed by atoms with E-state index in [1.54, 1.807) is 0 Å². The van der Waals surface area contributed by atoms with Crippen molar-refractivity contribution in [1.82, 2.24) is 0 Å². The Balaban J connectivity index is 5.13. The first-order valence-corrected chi connectivity index (χ1v) is 44.3. The molecular formula is C80H156O17P2. The van der Waals surface area contributed by atoms with Crippen molar-refractivity contribution < 1.29 is 80.2 Å². The van der Waals surface area contributed by atoms with Crippen LogP contribution in [0.15, 0.2) is 0 Å². The van der Waals surface area contributed by atoms with Crippen molar-refractivity contribution in [2.45, 2.75) is 433 Å². The van der Waals surface area contributed by atoms with Crippen molar-refractivity contribution >= 4 is 39.5 Å². The van der Waals surface area contributed by atoms with Gasteiger partial charge in [0.2, 0.25) is 0 Å². The smallest absolute Gasteiger partial charge is 0.462 e. The van der Waals surface area contributed by atoms with E-state index in [0.29, 0.717) is 25.7 Å². The Labute approximate surface area is 607 Å². The summed E-state index contributed by atoms with van der Waals surface area (Å²) in [6, 6.07) is 0. The summed E-state index contributed by atoms with van der Waals surface area (Å²) in [5.41, 5.74) is 0. The minimum absolute atomic E-state index is 0.106. The number of aliphatic hydroxyl groups excluding tert-OH is 1. The average molecular weight is 1450 g/mol. The quantitative estimate of drug-likeness (QED) is 0.0222. The normalized spacial score (nSPS) is 14.0. The van der Waals surface area contributed by atoms with Crippen LogP contribution in [0.4, 0.5) is 0 Å². The first-order chi connectivity index (χ1) is 47.7. The van der Waals surface area contributed by atoms with Gasteiger partial charge in [0.25, 0.3) is 0 Å². The highest BCUT2D eigenvalue weighted by Gasteiger charge is 2.30. The summed E-state index contributed by atoms with van der Waals surface area (Å²) in [7, 11) is -9.91. The molecule has 0 aliphatic heterocycles. The minimum Gasteiger partial charge on any atom is -0.462 e. The van der Waals surface area contributed by atoms with E-state index in [-0.39, 0.29) is 25.7 Å². The van der Waals surface area contributed by atoms with E-state index in [1.165, 1.54) is 218 Å². The standard InChI is InChI=1S/C80H156O17P2/c1-8-9-10-44-54-61-77(82)90-67-75(96-79(84)63-57-50-43-37-31-25-19-22-28-34-40-47-53-60-73(6)7)69-94-98(86,87)92-65-74(81)66-93-99(88,89)95-70-76(97-80(85)64-56-49-42-36-30-24-18-14-12-16-21-27-33-39-46-52-59-72(4)5)68-91-78(83)62-55-48-41-35-29-23-17-13-11-15-20-26-32-38-45-51-58-71(2)3/h71-76,81H,8-70H2,1-7H3,(H,86,87)(H,88,89)/t74-,75+,76+/m0/s1. The molecule has 0 aromatic carbocycles. The molecule has 19 heteroatoms. The SMILES string of the molecule is CCCCCCCC(=O)OC[C@H](COP(=O)(O)OC[C@H](O)COP(=O)(O)OC[C@@H](COC(=O)CCCCCCCCCCCCCCCCCCC(C)C)OC(=O)CCCCCCCCCCCCCCCCCCC(C)C)OC(=O)CCCCCCCCCCCCCCCC(C)C. The highest BCUT2D eigenvalue weighted by Crippen LogP contribution is 2.45. The van der Waals surface area contributed by atoms with Crippen LogP contribution in [0.2, 0.25) is 0 Å². The summed E-state index contributed by atoms with van der Waals surface area (Å²) in [4.78, 5) is 72.7. The maximum atomic E-state index is 13.1. The van der Waals surface area contributed by atoms with Crippen LogP contribution in [-0.2, 0) is 65.4 Å². The fourth-order valence-corrected chi connectivity index (χ4v) is 13.9. The molecule has 0 aliphatic carbocycles. The number of hydrogen-bond acceptors (Lipinski definition) is 15. The lowest BCUT2D eigenvalue weighted by atomic mass is 10.0. The zero-order chi connectivity index (χ0) is 73.0. The number of carbonyl (C=O) groups is 4. The van der Waals surface area contributed by atoms with Gasteiger partial charge in [0, 0.05) is 25.7 Å². The van der Waals surface area contributed by atoms with Gasteiger partial charge in [0.1, 0.15) is 19.3 Å². The van der Waals surface area contributed by atoms with E-state index in [2.05, 4.69) is 48.5 Å². The Kier molecular flexibility index (Phi) is 69.0. The van der Waals surface area contributed by atoms with Crippen molar-refractivity contribution in [2.75, 3.05) is 39.6 Å². The van der Waals surface area contributed by atoms with E-state index in [1.807, 2.05) is 0 Å². The van der Waals surface area contributed by atoms with E-state index < -0.39 is 97.5 Å². The second-order valence-corrected chi connectivity index (χ2v) is 33.1. The fourth-order valence-electron chi connectivity index (χ4n) is 12.3. The molecule has 0 saturated heterocycles. The Bertz CT molecular complexity index is 1920. The maximum Gasteiger partial charge on any atom is 0.472 e. The van der Waals surface area contributed by atoms with Crippen molar-refractivity contribution in [3.05, 3.63) is 0 Å². The second kappa shape index (κ2) is 70.4. The van der Waals surface area contributed by atoms with Gasteiger partial charge in [0.15, 0.2) is 12.2 Å². The molecule has 0 rings (SSSR count). The van der Waals surface area contributed by atoms with Gasteiger partial charge in [0.05, 0.1) is 26.4 Å². The number of ether oxygens (including phenoxy) is 4. The van der Waals surface area contributed by atoms with E-state index >= 15 is 0 Å². The van der Waals surface area contributed by atoms with Crippen LogP contribution in [0.25, 0.3) is 0 Å². The van der Waals surface area contributed by atoms with E-state index in [9.17, 15) is 43.2 Å². The molecule has 0 aromatic rings. The third-order valence-electron chi connectivity index (χ3n) is 18.6. The van der Waals surface area contributed by atoms with E-state index in [4.69, 9.17) is 37.0 Å². The fraction of sp³-hybridized carbons (Fsp3) is 0.950. The van der Waals surface area contributed by atoms with Crippen molar-refractivity contribution in [2.24, 2.45) is 17.8 Å². The highest BCUT2D eigenvalue weighted by molar-refractivity contribution is 7.47. The Morgan fingerprint density at radius 2 is 0.465 bits per heavy atom. The molecule has 0 spiro atoms. The monoisotopic (exact) mass is 1450 g/mol. The summed E-state index contributed by atoms with van der Waals surface area (Å²) in [5.74, 6) is 0.286. The molecular weight excluding hydrogens is 1290 g/mol. The van der Waals surface area contributed by atoms with Gasteiger partial charge in [-0.05, 0) is 43.4 Å². The first kappa shape index (κ1) is 97.1. The topological polar surface area (TPSA) is 237 Å².